The average Bonchev–Trinajstić information content (AvgIpc) is 3.32. The molecule has 1 saturated carbocycles. The molecule has 2 aromatic heterocycles. The number of amides is 1. The Hall–Kier alpha value is -2.89. The summed E-state index contributed by atoms with van der Waals surface area (Å²) in [6.07, 6.45) is 2.27. The van der Waals surface area contributed by atoms with Crippen molar-refractivity contribution in [3.63, 3.8) is 0 Å². The van der Waals surface area contributed by atoms with Gasteiger partial charge in [0, 0.05) is 23.1 Å². The molecule has 6 nitrogen and oxygen atoms in total. The lowest BCUT2D eigenvalue weighted by Gasteiger charge is -2.22. The minimum Gasteiger partial charge on any atom is -0.423 e. The van der Waals surface area contributed by atoms with E-state index in [2.05, 4.69) is 10.4 Å². The summed E-state index contributed by atoms with van der Waals surface area (Å²) < 4.78 is 6.93. The summed E-state index contributed by atoms with van der Waals surface area (Å²) in [7, 11) is 0. The second-order valence-corrected chi connectivity index (χ2v) is 7.77. The van der Waals surface area contributed by atoms with Gasteiger partial charge in [-0.1, -0.05) is 0 Å². The van der Waals surface area contributed by atoms with E-state index in [-0.39, 0.29) is 11.4 Å². The second kappa shape index (κ2) is 5.83. The summed E-state index contributed by atoms with van der Waals surface area (Å²) in [6, 6.07) is 10.1. The SMILES string of the molecule is CC(C)(C)n1nc(C2CC2)cc1C(=O)Nc1ccc2oc(=O)ccc2c1. The van der Waals surface area contributed by atoms with Crippen LogP contribution in [0.4, 0.5) is 5.69 Å². The van der Waals surface area contributed by atoms with Gasteiger partial charge in [-0.2, -0.15) is 5.10 Å². The van der Waals surface area contributed by atoms with E-state index in [1.54, 1.807) is 28.9 Å². The maximum atomic E-state index is 12.9. The van der Waals surface area contributed by atoms with E-state index in [1.165, 1.54) is 6.07 Å². The molecule has 1 aliphatic carbocycles. The number of fused-ring (bicyclic) bond motifs is 1. The Labute approximate surface area is 150 Å². The van der Waals surface area contributed by atoms with Crippen molar-refractivity contribution in [2.45, 2.75) is 45.1 Å². The first kappa shape index (κ1) is 16.6. The zero-order chi connectivity index (χ0) is 18.5. The van der Waals surface area contributed by atoms with Gasteiger partial charge in [0.25, 0.3) is 5.91 Å². The molecule has 0 bridgehead atoms. The number of hydrogen-bond acceptors (Lipinski definition) is 4. The van der Waals surface area contributed by atoms with Crippen LogP contribution in [0.3, 0.4) is 0 Å². The Morgan fingerprint density at radius 3 is 2.65 bits per heavy atom. The van der Waals surface area contributed by atoms with Crippen molar-refractivity contribution in [3.8, 4) is 0 Å². The smallest absolute Gasteiger partial charge is 0.336 e. The van der Waals surface area contributed by atoms with Crippen LogP contribution in [0.5, 0.6) is 0 Å². The van der Waals surface area contributed by atoms with Gasteiger partial charge < -0.3 is 9.73 Å². The molecular weight excluding hydrogens is 330 g/mol. The molecule has 2 heterocycles. The molecule has 1 aliphatic rings. The molecular formula is C20H21N3O3. The molecule has 0 atom stereocenters. The number of carbonyl (C=O) groups excluding carboxylic acids is 1. The number of aromatic nitrogens is 2. The van der Waals surface area contributed by atoms with Crippen molar-refractivity contribution in [1.29, 1.82) is 0 Å². The zero-order valence-corrected chi connectivity index (χ0v) is 15.1. The number of anilines is 1. The summed E-state index contributed by atoms with van der Waals surface area (Å²) in [4.78, 5) is 24.2. The summed E-state index contributed by atoms with van der Waals surface area (Å²) in [5.74, 6) is 0.282. The van der Waals surface area contributed by atoms with Crippen LogP contribution in [-0.2, 0) is 5.54 Å². The molecule has 1 aromatic carbocycles. The third kappa shape index (κ3) is 3.14. The second-order valence-electron chi connectivity index (χ2n) is 7.77. The maximum absolute atomic E-state index is 12.9. The van der Waals surface area contributed by atoms with Crippen LogP contribution in [0.15, 0.2) is 45.6 Å². The highest BCUT2D eigenvalue weighted by Crippen LogP contribution is 2.40. The molecule has 3 aromatic rings. The van der Waals surface area contributed by atoms with Gasteiger partial charge in [0.05, 0.1) is 11.2 Å². The highest BCUT2D eigenvalue weighted by atomic mass is 16.4. The van der Waals surface area contributed by atoms with E-state index >= 15 is 0 Å². The lowest BCUT2D eigenvalue weighted by Crippen LogP contribution is -2.29. The third-order valence-corrected chi connectivity index (χ3v) is 4.47. The molecule has 134 valence electrons. The lowest BCUT2D eigenvalue weighted by molar-refractivity contribution is 0.100. The van der Waals surface area contributed by atoms with E-state index in [4.69, 9.17) is 4.42 Å². The normalized spacial score (nSPS) is 14.6. The summed E-state index contributed by atoms with van der Waals surface area (Å²) in [6.45, 7) is 6.10. The van der Waals surface area contributed by atoms with Crippen LogP contribution in [0, 0.1) is 0 Å². The highest BCUT2D eigenvalue weighted by molar-refractivity contribution is 6.04. The van der Waals surface area contributed by atoms with Gasteiger partial charge in [0.2, 0.25) is 0 Å². The van der Waals surface area contributed by atoms with Crippen molar-refractivity contribution in [3.05, 3.63) is 58.2 Å². The molecule has 6 heteroatoms. The quantitative estimate of drug-likeness (QED) is 0.727. The third-order valence-electron chi connectivity index (χ3n) is 4.47. The molecule has 0 unspecified atom stereocenters. The predicted octanol–water partition coefficient (Wildman–Crippen LogP) is 3.87. The van der Waals surface area contributed by atoms with Crippen LogP contribution in [0.1, 0.15) is 55.7 Å². The van der Waals surface area contributed by atoms with Crippen LogP contribution in [0.25, 0.3) is 11.0 Å². The van der Waals surface area contributed by atoms with Gasteiger partial charge in [-0.05, 0) is 63.9 Å². The van der Waals surface area contributed by atoms with E-state index in [1.807, 2.05) is 26.8 Å². The molecule has 1 fully saturated rings. The first-order valence-electron chi connectivity index (χ1n) is 8.77. The van der Waals surface area contributed by atoms with E-state index in [9.17, 15) is 9.59 Å². The van der Waals surface area contributed by atoms with Gasteiger partial charge in [-0.25, -0.2) is 4.79 Å². The van der Waals surface area contributed by atoms with Crippen molar-refractivity contribution in [2.24, 2.45) is 0 Å². The van der Waals surface area contributed by atoms with Crippen molar-refractivity contribution < 1.29 is 9.21 Å². The van der Waals surface area contributed by atoms with E-state index in [0.717, 1.165) is 23.9 Å². The Bertz CT molecular complexity index is 1050. The zero-order valence-electron chi connectivity index (χ0n) is 15.1. The Kier molecular flexibility index (Phi) is 3.72. The molecule has 0 radical (unpaired) electrons. The maximum Gasteiger partial charge on any atom is 0.336 e. The highest BCUT2D eigenvalue weighted by Gasteiger charge is 2.31. The topological polar surface area (TPSA) is 77.1 Å². The predicted molar refractivity (Wildman–Crippen MR) is 99.6 cm³/mol. The molecule has 1 N–H and O–H groups in total. The number of rotatable bonds is 3. The monoisotopic (exact) mass is 351 g/mol. The van der Waals surface area contributed by atoms with Gasteiger partial charge >= 0.3 is 5.63 Å². The molecule has 4 rings (SSSR count). The van der Waals surface area contributed by atoms with Crippen LogP contribution >= 0.6 is 0 Å². The van der Waals surface area contributed by atoms with Crippen LogP contribution in [0.2, 0.25) is 0 Å². The fourth-order valence-corrected chi connectivity index (χ4v) is 3.00. The fraction of sp³-hybridized carbons (Fsp3) is 0.350. The van der Waals surface area contributed by atoms with Crippen LogP contribution in [-0.4, -0.2) is 15.7 Å². The number of carbonyl (C=O) groups is 1. The van der Waals surface area contributed by atoms with Gasteiger partial charge in [-0.15, -0.1) is 0 Å². The van der Waals surface area contributed by atoms with Crippen LogP contribution < -0.4 is 10.9 Å². The van der Waals surface area contributed by atoms with Gasteiger partial charge in [0.1, 0.15) is 11.3 Å². The van der Waals surface area contributed by atoms with E-state index in [0.29, 0.717) is 22.9 Å². The lowest BCUT2D eigenvalue weighted by atomic mass is 10.1. The fourth-order valence-electron chi connectivity index (χ4n) is 3.00. The number of nitrogens with zero attached hydrogens (tertiary/aromatic N) is 2. The molecule has 0 saturated heterocycles. The Morgan fingerprint density at radius 1 is 1.19 bits per heavy atom. The van der Waals surface area contributed by atoms with Gasteiger partial charge in [-0.3, -0.25) is 9.48 Å². The number of benzene rings is 1. The summed E-state index contributed by atoms with van der Waals surface area (Å²) in [5.41, 5.74) is 2.00. The Balaban J connectivity index is 1.66. The summed E-state index contributed by atoms with van der Waals surface area (Å²) >= 11 is 0. The molecule has 26 heavy (non-hydrogen) atoms. The number of hydrogen-bond donors (Lipinski definition) is 1. The number of nitrogens with one attached hydrogen (secondary N) is 1. The first-order chi connectivity index (χ1) is 12.3. The van der Waals surface area contributed by atoms with Gasteiger partial charge in [0.15, 0.2) is 0 Å². The average molecular weight is 351 g/mol. The molecule has 1 amide bonds. The van der Waals surface area contributed by atoms with Crippen molar-refractivity contribution in [1.82, 2.24) is 9.78 Å². The minimum atomic E-state index is -0.393. The molecule has 0 spiro atoms. The van der Waals surface area contributed by atoms with Crippen molar-refractivity contribution >= 4 is 22.6 Å². The Morgan fingerprint density at radius 2 is 1.96 bits per heavy atom. The standard InChI is InChI=1S/C20H21N3O3/c1-20(2,3)23-16(11-15(22-23)12-4-5-12)19(25)21-14-7-8-17-13(10-14)6-9-18(24)26-17/h6-12H,4-5H2,1-3H3,(H,21,25). The largest absolute Gasteiger partial charge is 0.423 e. The minimum absolute atomic E-state index is 0.198. The van der Waals surface area contributed by atoms with Crippen molar-refractivity contribution in [2.75, 3.05) is 5.32 Å². The summed E-state index contributed by atoms with van der Waals surface area (Å²) in [5, 5.41) is 8.36. The van der Waals surface area contributed by atoms with E-state index < -0.39 is 5.63 Å². The first-order valence-corrected chi connectivity index (χ1v) is 8.77. The molecule has 0 aliphatic heterocycles.